The number of hydrogen-bond donors (Lipinski definition) is 0. The van der Waals surface area contributed by atoms with Gasteiger partial charge in [-0.05, 0) is 70.4 Å². The largest absolute Gasteiger partial charge is 0.308 e. The number of nitrogens with zero attached hydrogens (tertiary/aromatic N) is 3. The topological polar surface area (TPSA) is 30.7 Å². The summed E-state index contributed by atoms with van der Waals surface area (Å²) in [6.45, 7) is 0. The number of rotatable bonds is 5. The summed E-state index contributed by atoms with van der Waals surface area (Å²) in [7, 11) is 0. The average Bonchev–Trinajstić information content (AvgIpc) is 3.60. The molecule has 2 aromatic heterocycles. The fourth-order valence-electron chi connectivity index (χ4n) is 7.77. The maximum Gasteiger partial charge on any atom is 0.160 e. The van der Waals surface area contributed by atoms with Gasteiger partial charge in [-0.3, -0.25) is 0 Å². The van der Waals surface area contributed by atoms with Gasteiger partial charge in [0.1, 0.15) is 0 Å². The van der Waals surface area contributed by atoms with Crippen molar-refractivity contribution in [3.8, 4) is 50.7 Å². The van der Waals surface area contributed by atoms with Crippen LogP contribution in [0.1, 0.15) is 0 Å². The summed E-state index contributed by atoms with van der Waals surface area (Å²) in [4.78, 5) is 15.4. The van der Waals surface area contributed by atoms with Crippen LogP contribution < -0.4 is 0 Å². The highest BCUT2D eigenvalue weighted by molar-refractivity contribution is 8.05. The van der Waals surface area contributed by atoms with Gasteiger partial charge in [0.25, 0.3) is 0 Å². The standard InChI is InChI=1S/C50H31N3S2/c1-3-12-33(13-4-1)42-31-43(34-14-5-2-6-15-34)52-50(51-42)38-19-11-18-35(28-38)32-22-24-39(25-23-32)53-44-21-10-9-20-40(44)41-26-27-45-49(48(41)53)55-47-30-37-17-8-7-16-36(37)29-46(47)54-45/h1-31H. The van der Waals surface area contributed by atoms with E-state index in [1.807, 2.05) is 35.7 Å². The molecule has 3 heterocycles. The predicted molar refractivity (Wildman–Crippen MR) is 230 cm³/mol. The SMILES string of the molecule is c1ccc(-c2cc(-c3ccccc3)nc(-c3cccc(-c4ccc(-n5c6ccccc6c6ccc7c(c65)Sc5cc6ccccc6cc5S7)cc4)c3)n2)cc1. The van der Waals surface area contributed by atoms with Crippen LogP contribution in [0.4, 0.5) is 0 Å². The average molecular weight is 738 g/mol. The van der Waals surface area contributed by atoms with E-state index in [9.17, 15) is 0 Å². The molecule has 8 aromatic carbocycles. The van der Waals surface area contributed by atoms with Gasteiger partial charge in [-0.2, -0.15) is 0 Å². The summed E-state index contributed by atoms with van der Waals surface area (Å²) in [6.07, 6.45) is 0. The molecule has 0 bridgehead atoms. The number of fused-ring (bicyclic) bond motifs is 7. The van der Waals surface area contributed by atoms with Crippen LogP contribution in [-0.2, 0) is 0 Å². The van der Waals surface area contributed by atoms with Crippen molar-refractivity contribution >= 4 is 56.1 Å². The number of para-hydroxylation sites is 1. The quantitative estimate of drug-likeness (QED) is 0.176. The zero-order valence-corrected chi connectivity index (χ0v) is 31.2. The van der Waals surface area contributed by atoms with Gasteiger partial charge in [0.05, 0.1) is 27.3 Å². The highest BCUT2D eigenvalue weighted by atomic mass is 32.2. The molecular weight excluding hydrogens is 707 g/mol. The summed E-state index contributed by atoms with van der Waals surface area (Å²) >= 11 is 3.78. The van der Waals surface area contributed by atoms with Gasteiger partial charge in [-0.25, -0.2) is 9.97 Å². The summed E-state index contributed by atoms with van der Waals surface area (Å²) < 4.78 is 2.46. The fraction of sp³-hybridized carbons (Fsp3) is 0. The Balaban J connectivity index is 0.998. The van der Waals surface area contributed by atoms with Gasteiger partial charge in [0.2, 0.25) is 0 Å². The Labute approximate surface area is 327 Å². The van der Waals surface area contributed by atoms with Crippen LogP contribution in [0, 0.1) is 0 Å². The first-order valence-electron chi connectivity index (χ1n) is 18.4. The minimum atomic E-state index is 0.707. The lowest BCUT2D eigenvalue weighted by Crippen LogP contribution is -1.98. The maximum atomic E-state index is 5.09. The molecule has 3 nitrogen and oxygen atoms in total. The van der Waals surface area contributed by atoms with Crippen molar-refractivity contribution in [1.29, 1.82) is 0 Å². The first-order chi connectivity index (χ1) is 27.2. The van der Waals surface area contributed by atoms with Crippen LogP contribution in [0.5, 0.6) is 0 Å². The van der Waals surface area contributed by atoms with Gasteiger partial charge in [-0.1, -0.05) is 163 Å². The Morgan fingerprint density at radius 3 is 1.69 bits per heavy atom. The fourth-order valence-corrected chi connectivity index (χ4v) is 10.2. The molecule has 55 heavy (non-hydrogen) atoms. The highest BCUT2D eigenvalue weighted by Crippen LogP contribution is 2.53. The van der Waals surface area contributed by atoms with E-state index in [4.69, 9.17) is 9.97 Å². The molecule has 0 fully saturated rings. The van der Waals surface area contributed by atoms with Gasteiger partial charge in [0.15, 0.2) is 5.82 Å². The zero-order valence-electron chi connectivity index (χ0n) is 29.6. The second-order valence-electron chi connectivity index (χ2n) is 13.8. The van der Waals surface area contributed by atoms with E-state index in [-0.39, 0.29) is 0 Å². The molecule has 11 rings (SSSR count). The summed E-state index contributed by atoms with van der Waals surface area (Å²) in [5.74, 6) is 0.707. The van der Waals surface area contributed by atoms with E-state index in [2.05, 4.69) is 180 Å². The summed E-state index contributed by atoms with van der Waals surface area (Å²) in [5.41, 5.74) is 10.8. The number of aromatic nitrogens is 3. The van der Waals surface area contributed by atoms with Gasteiger partial charge in [0, 0.05) is 47.8 Å². The summed E-state index contributed by atoms with van der Waals surface area (Å²) in [6, 6.07) is 67.1. The smallest absolute Gasteiger partial charge is 0.160 e. The van der Waals surface area contributed by atoms with Crippen molar-refractivity contribution in [3.63, 3.8) is 0 Å². The van der Waals surface area contributed by atoms with Crippen molar-refractivity contribution in [1.82, 2.24) is 14.5 Å². The molecule has 0 amide bonds. The second kappa shape index (κ2) is 13.2. The van der Waals surface area contributed by atoms with Gasteiger partial charge in [-0.15, -0.1) is 0 Å². The van der Waals surface area contributed by atoms with Gasteiger partial charge < -0.3 is 4.57 Å². The minimum absolute atomic E-state index is 0.707. The van der Waals surface area contributed by atoms with E-state index < -0.39 is 0 Å². The molecule has 0 unspecified atom stereocenters. The molecule has 1 aliphatic heterocycles. The molecule has 0 aliphatic carbocycles. The minimum Gasteiger partial charge on any atom is -0.308 e. The van der Waals surface area contributed by atoms with Crippen molar-refractivity contribution in [2.75, 3.05) is 0 Å². The molecule has 0 radical (unpaired) electrons. The van der Waals surface area contributed by atoms with Crippen molar-refractivity contribution in [2.45, 2.75) is 19.6 Å². The maximum absolute atomic E-state index is 5.09. The Morgan fingerprint density at radius 2 is 0.982 bits per heavy atom. The predicted octanol–water partition coefficient (Wildman–Crippen LogP) is 14.0. The third-order valence-corrected chi connectivity index (χ3v) is 13.0. The molecule has 1 aliphatic rings. The number of benzene rings is 8. The molecule has 0 saturated carbocycles. The molecule has 0 saturated heterocycles. The molecule has 10 aromatic rings. The third kappa shape index (κ3) is 5.63. The van der Waals surface area contributed by atoms with E-state index in [1.165, 1.54) is 52.2 Å². The van der Waals surface area contributed by atoms with Crippen LogP contribution >= 0.6 is 23.5 Å². The molecule has 0 atom stereocenters. The van der Waals surface area contributed by atoms with Crippen molar-refractivity contribution in [2.24, 2.45) is 0 Å². The van der Waals surface area contributed by atoms with E-state index >= 15 is 0 Å². The summed E-state index contributed by atoms with van der Waals surface area (Å²) in [5, 5.41) is 5.09. The van der Waals surface area contributed by atoms with Crippen molar-refractivity contribution in [3.05, 3.63) is 188 Å². The Kier molecular flexibility index (Phi) is 7.68. The molecular formula is C50H31N3S2. The van der Waals surface area contributed by atoms with Crippen LogP contribution in [0.3, 0.4) is 0 Å². The Bertz CT molecular complexity index is 3020. The highest BCUT2D eigenvalue weighted by Gasteiger charge is 2.24. The van der Waals surface area contributed by atoms with Crippen LogP contribution in [0.25, 0.3) is 83.3 Å². The third-order valence-electron chi connectivity index (χ3n) is 10.4. The number of hydrogen-bond acceptors (Lipinski definition) is 4. The normalized spacial score (nSPS) is 12.2. The Hall–Kier alpha value is -6.40. The van der Waals surface area contributed by atoms with E-state index in [0.717, 1.165) is 44.9 Å². The zero-order chi connectivity index (χ0) is 36.3. The second-order valence-corrected chi connectivity index (χ2v) is 15.9. The van der Waals surface area contributed by atoms with Crippen LogP contribution in [0.15, 0.2) is 208 Å². The molecule has 5 heteroatoms. The lowest BCUT2D eigenvalue weighted by atomic mass is 10.0. The Morgan fingerprint density at radius 1 is 0.382 bits per heavy atom. The van der Waals surface area contributed by atoms with Gasteiger partial charge >= 0.3 is 0 Å². The monoisotopic (exact) mass is 737 g/mol. The van der Waals surface area contributed by atoms with Crippen LogP contribution in [-0.4, -0.2) is 14.5 Å². The molecule has 258 valence electrons. The molecule has 0 spiro atoms. The molecule has 0 N–H and O–H groups in total. The van der Waals surface area contributed by atoms with E-state index in [0.29, 0.717) is 5.82 Å². The lowest BCUT2D eigenvalue weighted by molar-refractivity contribution is 1.12. The first kappa shape index (κ1) is 32.1. The van der Waals surface area contributed by atoms with E-state index in [1.54, 1.807) is 0 Å². The van der Waals surface area contributed by atoms with Crippen molar-refractivity contribution < 1.29 is 0 Å². The first-order valence-corrected chi connectivity index (χ1v) is 20.0. The lowest BCUT2D eigenvalue weighted by Gasteiger charge is -2.21. The van der Waals surface area contributed by atoms with Crippen LogP contribution in [0.2, 0.25) is 0 Å².